The van der Waals surface area contributed by atoms with Crippen LogP contribution in [0, 0.1) is 0 Å². The monoisotopic (exact) mass is 646 g/mol. The van der Waals surface area contributed by atoms with E-state index in [4.69, 9.17) is 9.97 Å². The Hall–Kier alpha value is -5.38. The second-order valence-electron chi connectivity index (χ2n) is 13.6. The van der Waals surface area contributed by atoms with Crippen molar-refractivity contribution in [1.82, 2.24) is 9.97 Å². The van der Waals surface area contributed by atoms with Gasteiger partial charge in [-0.3, -0.25) is 0 Å². The third-order valence-electron chi connectivity index (χ3n) is 10.9. The second kappa shape index (κ2) is 11.4. The fourth-order valence-corrected chi connectivity index (χ4v) is 9.98. The molecule has 2 aliphatic carbocycles. The molecule has 3 heteroatoms. The smallest absolute Gasteiger partial charge is 0.160 e. The number of aromatic nitrogens is 2. The molecule has 0 saturated heterocycles. The Bertz CT molecular complexity index is 2470. The van der Waals surface area contributed by atoms with E-state index in [1.54, 1.807) is 5.56 Å². The van der Waals surface area contributed by atoms with Crippen molar-refractivity contribution in [3.63, 3.8) is 0 Å². The molecule has 0 bridgehead atoms. The predicted molar refractivity (Wildman–Crippen MR) is 206 cm³/mol. The molecular formula is C46H34N2S. The minimum atomic E-state index is 0.140. The molecule has 0 atom stereocenters. The highest BCUT2D eigenvalue weighted by Crippen LogP contribution is 2.56. The third-order valence-corrected chi connectivity index (χ3v) is 12.2. The topological polar surface area (TPSA) is 25.8 Å². The Kier molecular flexibility index (Phi) is 6.63. The summed E-state index contributed by atoms with van der Waals surface area (Å²) >= 11 is 1.90. The van der Waals surface area contributed by atoms with Crippen LogP contribution in [-0.2, 0) is 5.41 Å². The van der Waals surface area contributed by atoms with Crippen LogP contribution in [0.4, 0.5) is 0 Å². The van der Waals surface area contributed by atoms with E-state index in [1.807, 2.05) is 23.5 Å². The van der Waals surface area contributed by atoms with Gasteiger partial charge in [-0.05, 0) is 58.4 Å². The van der Waals surface area contributed by atoms with Gasteiger partial charge in [-0.25, -0.2) is 9.97 Å². The molecule has 0 aliphatic heterocycles. The van der Waals surface area contributed by atoms with Crippen LogP contribution in [0.1, 0.15) is 43.2 Å². The maximum Gasteiger partial charge on any atom is 0.160 e. The van der Waals surface area contributed by atoms with Crippen LogP contribution < -0.4 is 0 Å². The summed E-state index contributed by atoms with van der Waals surface area (Å²) < 4.78 is 2.60. The first-order valence-corrected chi connectivity index (χ1v) is 18.3. The van der Waals surface area contributed by atoms with Gasteiger partial charge < -0.3 is 0 Å². The van der Waals surface area contributed by atoms with Gasteiger partial charge in [0.2, 0.25) is 0 Å². The molecule has 2 aliphatic rings. The summed E-state index contributed by atoms with van der Waals surface area (Å²) in [6, 6.07) is 52.9. The van der Waals surface area contributed by atoms with Crippen molar-refractivity contribution in [3.05, 3.63) is 157 Å². The van der Waals surface area contributed by atoms with Gasteiger partial charge in [0.1, 0.15) is 0 Å². The highest BCUT2D eigenvalue weighted by Gasteiger charge is 2.43. The first kappa shape index (κ1) is 28.6. The Balaban J connectivity index is 1.15. The summed E-state index contributed by atoms with van der Waals surface area (Å²) in [5.41, 5.74) is 13.8. The number of benzene rings is 6. The van der Waals surface area contributed by atoms with Gasteiger partial charge in [-0.15, -0.1) is 11.3 Å². The van der Waals surface area contributed by atoms with Crippen LogP contribution in [0.3, 0.4) is 0 Å². The average Bonchev–Trinajstić information content (AvgIpc) is 3.69. The summed E-state index contributed by atoms with van der Waals surface area (Å²) in [6.45, 7) is 0. The van der Waals surface area contributed by atoms with E-state index in [-0.39, 0.29) is 5.41 Å². The van der Waals surface area contributed by atoms with Gasteiger partial charge >= 0.3 is 0 Å². The second-order valence-corrected chi connectivity index (χ2v) is 14.6. The molecule has 0 N–H and O–H groups in total. The van der Waals surface area contributed by atoms with Crippen molar-refractivity contribution < 1.29 is 0 Å². The zero-order valence-corrected chi connectivity index (χ0v) is 28.0. The Morgan fingerprint density at radius 2 is 1.04 bits per heavy atom. The normalized spacial score (nSPS) is 14.7. The number of nitrogens with zero attached hydrogens (tertiary/aromatic N) is 2. The Morgan fingerprint density at radius 3 is 1.82 bits per heavy atom. The molecule has 0 radical (unpaired) electrons. The SMILES string of the molecule is c1ccc(-c2cc(-c3cccc4c3sc3c(-c5ccc6c(c5)C5(CCCCC5)c5ccccc5-6)cccc34)nc(-c3ccccc3)n2)cc1. The molecule has 1 fully saturated rings. The number of fused-ring (bicyclic) bond motifs is 8. The third kappa shape index (κ3) is 4.53. The Morgan fingerprint density at radius 1 is 0.429 bits per heavy atom. The summed E-state index contributed by atoms with van der Waals surface area (Å²) in [5, 5.41) is 2.58. The fourth-order valence-electron chi connectivity index (χ4n) is 8.62. The molecule has 2 aromatic heterocycles. The van der Waals surface area contributed by atoms with Crippen LogP contribution in [0.25, 0.3) is 76.3 Å². The highest BCUT2D eigenvalue weighted by atomic mass is 32.1. The van der Waals surface area contributed by atoms with Crippen molar-refractivity contribution in [2.75, 3.05) is 0 Å². The molecule has 0 amide bonds. The zero-order chi connectivity index (χ0) is 32.4. The standard InChI is InChI=1S/C46H34N2S/c1-4-14-30(15-5-1)41-29-42(48-45(47-41)31-16-6-2-7-17-31)38-22-13-21-37-36-20-12-19-33(43(36)49-44(37)38)32-24-25-35-34-18-8-9-23-39(34)46(40(35)28-32)26-10-3-11-27-46/h1-2,4-9,12-25,28-29H,3,10-11,26-27H2. The van der Waals surface area contributed by atoms with Gasteiger partial charge in [-0.2, -0.15) is 0 Å². The number of rotatable bonds is 4. The molecule has 10 rings (SSSR count). The summed E-state index contributed by atoms with van der Waals surface area (Å²) in [5.74, 6) is 0.742. The lowest BCUT2D eigenvalue weighted by atomic mass is 9.67. The molecule has 2 heterocycles. The molecule has 8 aromatic rings. The van der Waals surface area contributed by atoms with E-state index in [2.05, 4.69) is 133 Å². The van der Waals surface area contributed by atoms with Gasteiger partial charge in [0, 0.05) is 42.3 Å². The first-order chi connectivity index (χ1) is 24.3. The Labute approximate surface area is 290 Å². The lowest BCUT2D eigenvalue weighted by molar-refractivity contribution is 0.353. The van der Waals surface area contributed by atoms with Crippen LogP contribution >= 0.6 is 11.3 Å². The van der Waals surface area contributed by atoms with E-state index in [1.165, 1.54) is 80.1 Å². The maximum absolute atomic E-state index is 5.20. The van der Waals surface area contributed by atoms with E-state index in [9.17, 15) is 0 Å². The minimum absolute atomic E-state index is 0.140. The van der Waals surface area contributed by atoms with E-state index in [0.29, 0.717) is 0 Å². The molecule has 49 heavy (non-hydrogen) atoms. The number of thiophene rings is 1. The minimum Gasteiger partial charge on any atom is -0.228 e. The van der Waals surface area contributed by atoms with E-state index in [0.717, 1.165) is 33.9 Å². The van der Waals surface area contributed by atoms with Crippen LogP contribution in [0.5, 0.6) is 0 Å². The highest BCUT2D eigenvalue weighted by molar-refractivity contribution is 7.26. The van der Waals surface area contributed by atoms with Crippen molar-refractivity contribution in [2.24, 2.45) is 0 Å². The predicted octanol–water partition coefficient (Wildman–Crippen LogP) is 12.7. The number of hydrogen-bond acceptors (Lipinski definition) is 3. The van der Waals surface area contributed by atoms with E-state index >= 15 is 0 Å². The van der Waals surface area contributed by atoms with Crippen molar-refractivity contribution in [1.29, 1.82) is 0 Å². The largest absolute Gasteiger partial charge is 0.228 e. The lowest BCUT2D eigenvalue weighted by Crippen LogP contribution is -2.28. The maximum atomic E-state index is 5.20. The fraction of sp³-hybridized carbons (Fsp3) is 0.130. The average molecular weight is 647 g/mol. The molecule has 2 nitrogen and oxygen atoms in total. The number of hydrogen-bond donors (Lipinski definition) is 0. The van der Waals surface area contributed by atoms with Gasteiger partial charge in [-0.1, -0.05) is 153 Å². The molecule has 1 saturated carbocycles. The molecule has 6 aromatic carbocycles. The quantitative estimate of drug-likeness (QED) is 0.190. The van der Waals surface area contributed by atoms with Crippen molar-refractivity contribution in [2.45, 2.75) is 37.5 Å². The zero-order valence-electron chi connectivity index (χ0n) is 27.2. The van der Waals surface area contributed by atoms with Crippen LogP contribution in [0.2, 0.25) is 0 Å². The van der Waals surface area contributed by atoms with Crippen LogP contribution in [0.15, 0.2) is 146 Å². The molecule has 1 spiro atoms. The summed E-state index contributed by atoms with van der Waals surface area (Å²) in [4.78, 5) is 10.3. The van der Waals surface area contributed by atoms with Crippen molar-refractivity contribution in [3.8, 4) is 56.2 Å². The molecular weight excluding hydrogens is 613 g/mol. The van der Waals surface area contributed by atoms with Crippen molar-refractivity contribution >= 4 is 31.5 Å². The van der Waals surface area contributed by atoms with E-state index < -0.39 is 0 Å². The van der Waals surface area contributed by atoms with Gasteiger partial charge in [0.25, 0.3) is 0 Å². The first-order valence-electron chi connectivity index (χ1n) is 17.5. The lowest BCUT2D eigenvalue weighted by Gasteiger charge is -2.36. The van der Waals surface area contributed by atoms with Crippen LogP contribution in [-0.4, -0.2) is 9.97 Å². The molecule has 234 valence electrons. The summed E-state index contributed by atoms with van der Waals surface area (Å²) in [7, 11) is 0. The molecule has 0 unspecified atom stereocenters. The van der Waals surface area contributed by atoms with Gasteiger partial charge in [0.05, 0.1) is 11.4 Å². The van der Waals surface area contributed by atoms with Gasteiger partial charge in [0.15, 0.2) is 5.82 Å². The summed E-state index contributed by atoms with van der Waals surface area (Å²) in [6.07, 6.45) is 6.42.